The second-order valence-corrected chi connectivity index (χ2v) is 6.13. The highest BCUT2D eigenvalue weighted by Gasteiger charge is 2.21. The van der Waals surface area contributed by atoms with Crippen LogP contribution in [0.5, 0.6) is 5.75 Å². The summed E-state index contributed by atoms with van der Waals surface area (Å²) in [5.74, 6) is 0.121. The topological polar surface area (TPSA) is 61.3 Å². The third kappa shape index (κ3) is 3.82. The number of nitrogens with zero attached hydrogens (tertiary/aromatic N) is 3. The average Bonchev–Trinajstić information content (AvgIpc) is 2.63. The highest BCUT2D eigenvalue weighted by Crippen LogP contribution is 2.22. The van der Waals surface area contributed by atoms with E-state index >= 15 is 0 Å². The second-order valence-electron chi connectivity index (χ2n) is 6.13. The summed E-state index contributed by atoms with van der Waals surface area (Å²) in [6.45, 7) is 4.35. The average molecular weight is 330 g/mol. The number of hydrogen-bond donors (Lipinski definition) is 2. The second kappa shape index (κ2) is 7.57. The van der Waals surface area contributed by atoms with Crippen molar-refractivity contribution >= 4 is 5.82 Å². The molecule has 0 saturated carbocycles. The molecular weight excluding hydrogens is 307 g/mol. The summed E-state index contributed by atoms with van der Waals surface area (Å²) < 4.78 is 13.4. The number of halogens is 1. The van der Waals surface area contributed by atoms with Crippen molar-refractivity contribution in [1.29, 1.82) is 0 Å². The summed E-state index contributed by atoms with van der Waals surface area (Å²) in [5.41, 5.74) is 1.63. The number of anilines is 1. The monoisotopic (exact) mass is 330 g/mol. The molecule has 0 bridgehead atoms. The van der Waals surface area contributed by atoms with E-state index in [9.17, 15) is 9.50 Å². The lowest BCUT2D eigenvalue weighted by molar-refractivity contribution is 0.400. The number of aromatic hydroxyl groups is 1. The molecule has 3 rings (SSSR count). The van der Waals surface area contributed by atoms with Crippen LogP contribution in [0.3, 0.4) is 0 Å². The fraction of sp³-hybridized carbons (Fsp3) is 0.444. The fourth-order valence-electron chi connectivity index (χ4n) is 3.06. The van der Waals surface area contributed by atoms with E-state index in [4.69, 9.17) is 0 Å². The lowest BCUT2D eigenvalue weighted by Crippen LogP contribution is -2.45. The molecule has 1 aliphatic heterocycles. The Bertz CT molecular complexity index is 694. The van der Waals surface area contributed by atoms with Crippen molar-refractivity contribution in [2.75, 3.05) is 18.0 Å². The molecule has 6 heteroatoms. The maximum absolute atomic E-state index is 13.4. The third-order valence-corrected chi connectivity index (χ3v) is 4.47. The summed E-state index contributed by atoms with van der Waals surface area (Å²) in [7, 11) is 0. The van der Waals surface area contributed by atoms with Gasteiger partial charge in [0, 0.05) is 43.0 Å². The number of nitrogens with one attached hydrogen (secondary N) is 1. The van der Waals surface area contributed by atoms with Gasteiger partial charge in [0.1, 0.15) is 12.1 Å². The first kappa shape index (κ1) is 16.6. The van der Waals surface area contributed by atoms with Crippen molar-refractivity contribution < 1.29 is 9.50 Å². The number of piperidine rings is 1. The third-order valence-electron chi connectivity index (χ3n) is 4.47. The van der Waals surface area contributed by atoms with E-state index in [0.717, 1.165) is 43.9 Å². The Kier molecular flexibility index (Phi) is 5.25. The van der Waals surface area contributed by atoms with Crippen LogP contribution in [0.2, 0.25) is 0 Å². The normalized spacial score (nSPS) is 17.9. The van der Waals surface area contributed by atoms with Crippen molar-refractivity contribution in [2.45, 2.75) is 38.8 Å². The summed E-state index contributed by atoms with van der Waals surface area (Å²) in [5, 5.41) is 13.2. The lowest BCUT2D eigenvalue weighted by atomic mass is 10.0. The molecule has 2 aromatic rings. The van der Waals surface area contributed by atoms with Gasteiger partial charge in [-0.25, -0.2) is 14.4 Å². The molecule has 24 heavy (non-hydrogen) atoms. The van der Waals surface area contributed by atoms with Crippen LogP contribution < -0.4 is 10.2 Å². The van der Waals surface area contributed by atoms with Gasteiger partial charge in [-0.15, -0.1) is 0 Å². The Morgan fingerprint density at radius 3 is 3.08 bits per heavy atom. The van der Waals surface area contributed by atoms with E-state index in [1.807, 2.05) is 6.07 Å². The summed E-state index contributed by atoms with van der Waals surface area (Å²) in [6, 6.07) is 6.94. The number of phenols is 1. The van der Waals surface area contributed by atoms with Crippen LogP contribution in [-0.4, -0.2) is 34.2 Å². The number of phenolic OH excluding ortho intramolecular Hbond substituents is 1. The SMILES string of the molecule is CCc1cc(N2CCCC(NCc3cccc(F)c3O)C2)ncn1. The number of benzene rings is 1. The number of para-hydroxylation sites is 1. The molecule has 0 radical (unpaired) electrons. The van der Waals surface area contributed by atoms with Crippen molar-refractivity contribution in [2.24, 2.45) is 0 Å². The van der Waals surface area contributed by atoms with Gasteiger partial charge in [0.05, 0.1) is 0 Å². The van der Waals surface area contributed by atoms with E-state index in [2.05, 4.69) is 27.1 Å². The minimum absolute atomic E-state index is 0.263. The molecule has 2 heterocycles. The van der Waals surface area contributed by atoms with Crippen molar-refractivity contribution in [3.63, 3.8) is 0 Å². The largest absolute Gasteiger partial charge is 0.505 e. The van der Waals surface area contributed by atoms with Crippen LogP contribution >= 0.6 is 0 Å². The van der Waals surface area contributed by atoms with Crippen molar-refractivity contribution in [3.05, 3.63) is 47.7 Å². The van der Waals surface area contributed by atoms with Crippen LogP contribution in [0.25, 0.3) is 0 Å². The van der Waals surface area contributed by atoms with Gasteiger partial charge in [-0.05, 0) is 25.3 Å². The summed E-state index contributed by atoms with van der Waals surface area (Å²) in [6.07, 6.45) is 4.64. The molecule has 1 atom stereocenters. The zero-order valence-electron chi connectivity index (χ0n) is 13.9. The van der Waals surface area contributed by atoms with E-state index in [-0.39, 0.29) is 11.8 Å². The number of aryl methyl sites for hydroxylation is 1. The van der Waals surface area contributed by atoms with Crippen LogP contribution in [0.15, 0.2) is 30.6 Å². The highest BCUT2D eigenvalue weighted by atomic mass is 19.1. The fourth-order valence-corrected chi connectivity index (χ4v) is 3.06. The van der Waals surface area contributed by atoms with Crippen LogP contribution in [-0.2, 0) is 13.0 Å². The zero-order valence-corrected chi connectivity index (χ0v) is 13.9. The molecule has 1 saturated heterocycles. The molecule has 0 spiro atoms. The molecule has 1 aliphatic rings. The van der Waals surface area contributed by atoms with Gasteiger partial charge < -0.3 is 15.3 Å². The maximum Gasteiger partial charge on any atom is 0.165 e. The van der Waals surface area contributed by atoms with E-state index in [0.29, 0.717) is 12.1 Å². The van der Waals surface area contributed by atoms with Gasteiger partial charge in [-0.3, -0.25) is 0 Å². The van der Waals surface area contributed by atoms with Gasteiger partial charge in [0.25, 0.3) is 0 Å². The lowest BCUT2D eigenvalue weighted by Gasteiger charge is -2.34. The van der Waals surface area contributed by atoms with Crippen molar-refractivity contribution in [3.8, 4) is 5.75 Å². The molecule has 0 aliphatic carbocycles. The Hall–Kier alpha value is -2.21. The molecule has 0 amide bonds. The number of rotatable bonds is 5. The first-order chi connectivity index (χ1) is 11.7. The molecular formula is C18H23FN4O. The highest BCUT2D eigenvalue weighted by molar-refractivity contribution is 5.40. The van der Waals surface area contributed by atoms with E-state index in [1.54, 1.807) is 18.5 Å². The smallest absolute Gasteiger partial charge is 0.165 e. The Balaban J connectivity index is 1.62. The van der Waals surface area contributed by atoms with E-state index in [1.165, 1.54) is 6.07 Å². The summed E-state index contributed by atoms with van der Waals surface area (Å²) in [4.78, 5) is 10.9. The standard InChI is InChI=1S/C18H23FN4O/c1-2-14-9-17(22-12-21-14)23-8-4-6-15(11-23)20-10-13-5-3-7-16(19)18(13)24/h3,5,7,9,12,15,20,24H,2,4,6,8,10-11H2,1H3. The molecule has 128 valence electrons. The quantitative estimate of drug-likeness (QED) is 0.882. The molecule has 1 aromatic carbocycles. The first-order valence-corrected chi connectivity index (χ1v) is 8.43. The van der Waals surface area contributed by atoms with Crippen LogP contribution in [0, 0.1) is 5.82 Å². The Morgan fingerprint density at radius 2 is 2.25 bits per heavy atom. The molecule has 1 fully saturated rings. The number of hydrogen-bond acceptors (Lipinski definition) is 5. The summed E-state index contributed by atoms with van der Waals surface area (Å²) >= 11 is 0. The predicted octanol–water partition coefficient (Wildman–Crippen LogP) is 2.64. The Labute approximate surface area is 141 Å². The maximum atomic E-state index is 13.4. The van der Waals surface area contributed by atoms with Gasteiger partial charge in [0.15, 0.2) is 11.6 Å². The van der Waals surface area contributed by atoms with Gasteiger partial charge in [-0.2, -0.15) is 0 Å². The van der Waals surface area contributed by atoms with Gasteiger partial charge >= 0.3 is 0 Å². The molecule has 5 nitrogen and oxygen atoms in total. The number of aromatic nitrogens is 2. The zero-order chi connectivity index (χ0) is 16.9. The minimum Gasteiger partial charge on any atom is -0.505 e. The van der Waals surface area contributed by atoms with Crippen molar-refractivity contribution in [1.82, 2.24) is 15.3 Å². The minimum atomic E-state index is -0.576. The van der Waals surface area contributed by atoms with E-state index < -0.39 is 5.82 Å². The van der Waals surface area contributed by atoms with Crippen LogP contribution in [0.4, 0.5) is 10.2 Å². The molecule has 1 unspecified atom stereocenters. The molecule has 1 aromatic heterocycles. The first-order valence-electron chi connectivity index (χ1n) is 8.43. The van der Waals surface area contributed by atoms with Gasteiger partial charge in [0.2, 0.25) is 0 Å². The Morgan fingerprint density at radius 1 is 1.38 bits per heavy atom. The predicted molar refractivity (Wildman–Crippen MR) is 91.5 cm³/mol. The van der Waals surface area contributed by atoms with Gasteiger partial charge in [-0.1, -0.05) is 19.1 Å². The van der Waals surface area contributed by atoms with Crippen LogP contribution in [0.1, 0.15) is 31.0 Å². The molecule has 2 N–H and O–H groups in total.